The number of nitrogens with two attached hydrogens (primary N) is 1. The van der Waals surface area contributed by atoms with Crippen molar-refractivity contribution in [2.24, 2.45) is 10.7 Å². The van der Waals surface area contributed by atoms with E-state index in [1.165, 1.54) is 0 Å². The molecule has 0 unspecified atom stereocenters. The van der Waals surface area contributed by atoms with E-state index in [1.807, 2.05) is 33.2 Å². The number of fused-ring (bicyclic) bond motifs is 5. The highest BCUT2D eigenvalue weighted by molar-refractivity contribution is 6.23. The molecule has 2 bridgehead atoms. The molecule has 3 aromatic rings. The second-order valence-corrected chi connectivity index (χ2v) is 8.92. The molecular formula is C28H35N7. The van der Waals surface area contributed by atoms with Crippen molar-refractivity contribution in [3.05, 3.63) is 72.2 Å². The highest BCUT2D eigenvalue weighted by Crippen LogP contribution is 2.28. The van der Waals surface area contributed by atoms with Crippen LogP contribution in [-0.4, -0.2) is 34.3 Å². The zero-order valence-electron chi connectivity index (χ0n) is 21.0. The van der Waals surface area contributed by atoms with Gasteiger partial charge in [0, 0.05) is 60.8 Å². The number of allylic oxidation sites excluding steroid dienone is 1. The van der Waals surface area contributed by atoms with Gasteiger partial charge in [-0.25, -0.2) is 4.98 Å². The molecule has 0 spiro atoms. The average molecular weight is 470 g/mol. The van der Waals surface area contributed by atoms with Gasteiger partial charge in [0.15, 0.2) is 0 Å². The van der Waals surface area contributed by atoms with E-state index in [2.05, 4.69) is 51.6 Å². The zero-order valence-corrected chi connectivity index (χ0v) is 21.0. The fraction of sp³-hybridized carbons (Fsp3) is 0.321. The number of hydrogen-bond donors (Lipinski definition) is 3. The molecule has 3 heterocycles. The van der Waals surface area contributed by atoms with Crippen molar-refractivity contribution in [1.82, 2.24) is 19.9 Å². The Bertz CT molecular complexity index is 1330. The highest BCUT2D eigenvalue weighted by Gasteiger charge is 2.17. The van der Waals surface area contributed by atoms with Crippen LogP contribution in [0.3, 0.4) is 0 Å². The van der Waals surface area contributed by atoms with Gasteiger partial charge in [0.25, 0.3) is 0 Å². The molecular weight excluding hydrogens is 434 g/mol. The summed E-state index contributed by atoms with van der Waals surface area (Å²) >= 11 is 0. The van der Waals surface area contributed by atoms with Gasteiger partial charge in [-0.15, -0.1) is 0 Å². The maximum absolute atomic E-state index is 6.06. The van der Waals surface area contributed by atoms with Crippen LogP contribution in [0.15, 0.2) is 54.7 Å². The molecule has 182 valence electrons. The minimum Gasteiger partial charge on any atom is -0.404 e. The molecule has 1 aliphatic rings. The van der Waals surface area contributed by atoms with E-state index in [1.54, 1.807) is 6.20 Å². The summed E-state index contributed by atoms with van der Waals surface area (Å²) < 4.78 is 2.26. The van der Waals surface area contributed by atoms with Gasteiger partial charge in [0.05, 0.1) is 16.7 Å². The van der Waals surface area contributed by atoms with E-state index >= 15 is 0 Å². The van der Waals surface area contributed by atoms with Crippen LogP contribution in [0.1, 0.15) is 54.6 Å². The van der Waals surface area contributed by atoms with Crippen LogP contribution in [0.5, 0.6) is 0 Å². The summed E-state index contributed by atoms with van der Waals surface area (Å²) in [6, 6.07) is 10.3. The van der Waals surface area contributed by atoms with Crippen molar-refractivity contribution in [2.45, 2.75) is 45.6 Å². The molecule has 2 aromatic heterocycles. The number of aliphatic imine (C=N–C) groups is 1. The van der Waals surface area contributed by atoms with E-state index < -0.39 is 0 Å². The molecule has 0 radical (unpaired) electrons. The molecule has 7 heteroatoms. The Morgan fingerprint density at radius 1 is 1.17 bits per heavy atom. The van der Waals surface area contributed by atoms with E-state index in [0.717, 1.165) is 101 Å². The van der Waals surface area contributed by atoms with E-state index in [-0.39, 0.29) is 0 Å². The summed E-state index contributed by atoms with van der Waals surface area (Å²) in [4.78, 5) is 14.2. The predicted molar refractivity (Wildman–Crippen MR) is 148 cm³/mol. The van der Waals surface area contributed by atoms with Crippen LogP contribution < -0.4 is 16.4 Å². The Kier molecular flexibility index (Phi) is 7.34. The second kappa shape index (κ2) is 10.6. The summed E-state index contributed by atoms with van der Waals surface area (Å²) in [6.45, 7) is 11.3. The quantitative estimate of drug-likeness (QED) is 0.471. The second-order valence-electron chi connectivity index (χ2n) is 8.92. The van der Waals surface area contributed by atoms with Crippen molar-refractivity contribution in [2.75, 3.05) is 19.4 Å². The molecule has 1 aliphatic heterocycles. The standard InChI is InChI=1S/C28H35N7/c1-18-14-22-15-26(32-18)23(17-29)24(31-5)10-8-6-7-9-13-35-27-16-21(19(2)30-4)11-12-25(27)34-28(35)33-20(22)3/h11-12,14-17,30H,2-3,6-10,13,29H2,1,4-5H3,(H,33,34). The van der Waals surface area contributed by atoms with Gasteiger partial charge in [-0.3, -0.25) is 9.98 Å². The van der Waals surface area contributed by atoms with Crippen molar-refractivity contribution in [1.29, 1.82) is 0 Å². The molecule has 0 fully saturated rings. The summed E-state index contributed by atoms with van der Waals surface area (Å²) in [5.74, 6) is 0.786. The lowest BCUT2D eigenvalue weighted by atomic mass is 9.99. The molecule has 4 rings (SSSR count). The van der Waals surface area contributed by atoms with Crippen LogP contribution in [0.2, 0.25) is 0 Å². The third-order valence-corrected chi connectivity index (χ3v) is 6.53. The first-order valence-corrected chi connectivity index (χ1v) is 12.2. The van der Waals surface area contributed by atoms with Crippen molar-refractivity contribution in [3.63, 3.8) is 0 Å². The number of imidazole rings is 1. The van der Waals surface area contributed by atoms with Gasteiger partial charge >= 0.3 is 0 Å². The van der Waals surface area contributed by atoms with Crippen molar-refractivity contribution < 1.29 is 0 Å². The van der Waals surface area contributed by atoms with Crippen molar-refractivity contribution in [3.8, 4) is 0 Å². The summed E-state index contributed by atoms with van der Waals surface area (Å²) in [5, 5.41) is 6.63. The minimum atomic E-state index is 0.759. The maximum atomic E-state index is 6.06. The summed E-state index contributed by atoms with van der Waals surface area (Å²) in [6.07, 6.45) is 6.84. The normalized spacial score (nSPS) is 17.5. The van der Waals surface area contributed by atoms with Gasteiger partial charge in [0.1, 0.15) is 0 Å². The lowest BCUT2D eigenvalue weighted by molar-refractivity contribution is 0.589. The number of aryl methyl sites for hydroxylation is 2. The van der Waals surface area contributed by atoms with Crippen LogP contribution in [0, 0.1) is 6.92 Å². The number of nitrogens with one attached hydrogen (secondary N) is 2. The van der Waals surface area contributed by atoms with Gasteiger partial charge in [-0.2, -0.15) is 0 Å². The molecule has 4 N–H and O–H groups in total. The van der Waals surface area contributed by atoms with Crippen LogP contribution >= 0.6 is 0 Å². The first-order valence-electron chi connectivity index (χ1n) is 12.2. The molecule has 0 saturated carbocycles. The molecule has 7 nitrogen and oxygen atoms in total. The number of benzene rings is 1. The van der Waals surface area contributed by atoms with Gasteiger partial charge < -0.3 is 20.9 Å². The maximum Gasteiger partial charge on any atom is 0.208 e. The number of nitrogens with zero attached hydrogens (tertiary/aromatic N) is 4. The Morgan fingerprint density at radius 2 is 1.97 bits per heavy atom. The number of hydrogen-bond acceptors (Lipinski definition) is 6. The van der Waals surface area contributed by atoms with E-state index in [4.69, 9.17) is 15.7 Å². The first-order chi connectivity index (χ1) is 16.9. The summed E-state index contributed by atoms with van der Waals surface area (Å²) in [5.41, 5.74) is 15.3. The molecule has 0 saturated heterocycles. The van der Waals surface area contributed by atoms with Crippen LogP contribution in [-0.2, 0) is 6.54 Å². The smallest absolute Gasteiger partial charge is 0.208 e. The SMILES string of the molecule is C=C(NC)c1ccc2nc3n(c2c1)CCCCCCC(=NC)C(=CN)c1cc(cc(C)n1)C(=C)N3. The van der Waals surface area contributed by atoms with Gasteiger partial charge in [-0.05, 0) is 56.0 Å². The lowest BCUT2D eigenvalue weighted by Crippen LogP contribution is -2.09. The third kappa shape index (κ3) is 5.14. The molecule has 0 amide bonds. The van der Waals surface area contributed by atoms with E-state index in [0.29, 0.717) is 0 Å². The number of pyridine rings is 1. The fourth-order valence-electron chi connectivity index (χ4n) is 4.58. The van der Waals surface area contributed by atoms with Crippen LogP contribution in [0.4, 0.5) is 5.95 Å². The fourth-order valence-corrected chi connectivity index (χ4v) is 4.58. The molecule has 35 heavy (non-hydrogen) atoms. The lowest BCUT2D eigenvalue weighted by Gasteiger charge is -2.15. The Balaban J connectivity index is 1.80. The average Bonchev–Trinajstić information content (AvgIpc) is 3.19. The number of anilines is 1. The Hall–Kier alpha value is -3.87. The number of rotatable bonds is 2. The minimum absolute atomic E-state index is 0.759. The zero-order chi connectivity index (χ0) is 24.9. The molecule has 0 aliphatic carbocycles. The Labute approximate surface area is 207 Å². The van der Waals surface area contributed by atoms with Crippen LogP contribution in [0.25, 0.3) is 28.0 Å². The predicted octanol–water partition coefficient (Wildman–Crippen LogP) is 5.35. The molecule has 1 aromatic carbocycles. The highest BCUT2D eigenvalue weighted by atomic mass is 15.2. The topological polar surface area (TPSA) is 93.2 Å². The van der Waals surface area contributed by atoms with Crippen molar-refractivity contribution >= 4 is 39.7 Å². The monoisotopic (exact) mass is 469 g/mol. The largest absolute Gasteiger partial charge is 0.404 e. The summed E-state index contributed by atoms with van der Waals surface area (Å²) in [7, 11) is 3.71. The third-order valence-electron chi connectivity index (χ3n) is 6.53. The molecule has 0 atom stereocenters. The van der Waals surface area contributed by atoms with Gasteiger partial charge in [-0.1, -0.05) is 32.1 Å². The number of aromatic nitrogens is 3. The Morgan fingerprint density at radius 3 is 2.71 bits per heavy atom. The van der Waals surface area contributed by atoms with E-state index in [9.17, 15) is 0 Å². The first kappa shape index (κ1) is 24.3. The van der Waals surface area contributed by atoms with Gasteiger partial charge in [0.2, 0.25) is 5.95 Å².